The quantitative estimate of drug-likeness (QED) is 0.760. The Balaban J connectivity index is 1.29. The third-order valence-corrected chi connectivity index (χ3v) is 4.20. The third kappa shape index (κ3) is 2.87. The van der Waals surface area contributed by atoms with Crippen LogP contribution >= 0.6 is 0 Å². The summed E-state index contributed by atoms with van der Waals surface area (Å²) in [6, 6.07) is 8.07. The van der Waals surface area contributed by atoms with E-state index in [0.29, 0.717) is 5.92 Å². The number of nitrogens with one attached hydrogen (secondary N) is 1. The van der Waals surface area contributed by atoms with Crippen LogP contribution in [0.5, 0.6) is 0 Å². The predicted octanol–water partition coefficient (Wildman–Crippen LogP) is 1.05. The van der Waals surface area contributed by atoms with Crippen molar-refractivity contribution in [2.45, 2.75) is 13.5 Å². The average Bonchev–Trinajstić information content (AvgIpc) is 2.91. The number of pyridine rings is 1. The first-order chi connectivity index (χ1) is 11.3. The summed E-state index contributed by atoms with van der Waals surface area (Å²) >= 11 is 0. The Morgan fingerprint density at radius 3 is 2.78 bits per heavy atom. The maximum atomic E-state index is 4.61. The Labute approximate surface area is 134 Å². The zero-order valence-electron chi connectivity index (χ0n) is 13.1. The molecule has 1 aliphatic rings. The first-order valence-corrected chi connectivity index (χ1v) is 7.83. The molecule has 1 fully saturated rings. The Morgan fingerprint density at radius 1 is 1.13 bits per heavy atom. The van der Waals surface area contributed by atoms with E-state index in [1.807, 2.05) is 43.6 Å². The van der Waals surface area contributed by atoms with E-state index in [0.717, 1.165) is 43.5 Å². The van der Waals surface area contributed by atoms with E-state index in [-0.39, 0.29) is 0 Å². The molecule has 7 nitrogen and oxygen atoms in total. The zero-order chi connectivity index (χ0) is 15.6. The van der Waals surface area contributed by atoms with E-state index >= 15 is 0 Å². The minimum atomic E-state index is 0.663. The summed E-state index contributed by atoms with van der Waals surface area (Å²) in [5, 5.41) is 16.2. The maximum Gasteiger partial charge on any atom is 0.178 e. The van der Waals surface area contributed by atoms with Gasteiger partial charge in [-0.25, -0.2) is 0 Å². The number of anilines is 1. The molecular formula is C16H19N7. The molecule has 0 spiro atoms. The predicted molar refractivity (Wildman–Crippen MR) is 87.2 cm³/mol. The highest BCUT2D eigenvalue weighted by atomic mass is 15.4. The lowest BCUT2D eigenvalue weighted by Crippen LogP contribution is -2.51. The van der Waals surface area contributed by atoms with E-state index in [1.54, 1.807) is 4.52 Å². The van der Waals surface area contributed by atoms with Crippen LogP contribution in [0.15, 0.2) is 36.7 Å². The lowest BCUT2D eigenvalue weighted by molar-refractivity contribution is 0.381. The second kappa shape index (κ2) is 5.92. The molecule has 118 valence electrons. The standard InChI is InChI=1S/C16H19N7/c1-12-19-20-15-2-3-16(21-23(12)15)22-10-14(11-22)9-18-8-13-4-6-17-7-5-13/h2-7,14,18H,8-11H2,1H3. The second-order valence-corrected chi connectivity index (χ2v) is 5.97. The van der Waals surface area contributed by atoms with Gasteiger partial charge in [0.25, 0.3) is 0 Å². The molecule has 23 heavy (non-hydrogen) atoms. The molecule has 0 bridgehead atoms. The lowest BCUT2D eigenvalue weighted by atomic mass is 10.0. The average molecular weight is 309 g/mol. The van der Waals surface area contributed by atoms with Crippen molar-refractivity contribution in [1.29, 1.82) is 0 Å². The topological polar surface area (TPSA) is 71.2 Å². The number of hydrogen-bond acceptors (Lipinski definition) is 6. The maximum absolute atomic E-state index is 4.61. The number of nitrogens with zero attached hydrogens (tertiary/aromatic N) is 6. The van der Waals surface area contributed by atoms with Crippen LogP contribution in [-0.4, -0.2) is 44.4 Å². The van der Waals surface area contributed by atoms with Crippen LogP contribution in [0.25, 0.3) is 5.65 Å². The molecule has 0 aromatic carbocycles. The molecule has 1 N–H and O–H groups in total. The summed E-state index contributed by atoms with van der Waals surface area (Å²) in [4.78, 5) is 6.32. The second-order valence-electron chi connectivity index (χ2n) is 5.97. The smallest absolute Gasteiger partial charge is 0.178 e. The molecular weight excluding hydrogens is 290 g/mol. The van der Waals surface area contributed by atoms with Crippen LogP contribution in [0.1, 0.15) is 11.4 Å². The van der Waals surface area contributed by atoms with Gasteiger partial charge >= 0.3 is 0 Å². The van der Waals surface area contributed by atoms with Crippen molar-refractivity contribution in [3.63, 3.8) is 0 Å². The van der Waals surface area contributed by atoms with Crippen molar-refractivity contribution < 1.29 is 0 Å². The summed E-state index contributed by atoms with van der Waals surface area (Å²) < 4.78 is 1.80. The molecule has 0 aliphatic carbocycles. The van der Waals surface area contributed by atoms with Crippen LogP contribution in [0.4, 0.5) is 5.82 Å². The van der Waals surface area contributed by atoms with Gasteiger partial charge in [0.2, 0.25) is 0 Å². The largest absolute Gasteiger partial charge is 0.354 e. The first kappa shape index (κ1) is 14.1. The fourth-order valence-corrected chi connectivity index (χ4v) is 2.86. The Morgan fingerprint density at radius 2 is 1.96 bits per heavy atom. The molecule has 1 saturated heterocycles. The highest BCUT2D eigenvalue weighted by Gasteiger charge is 2.27. The van der Waals surface area contributed by atoms with E-state index in [4.69, 9.17) is 0 Å². The summed E-state index contributed by atoms with van der Waals surface area (Å²) in [6.45, 7) is 5.89. The zero-order valence-corrected chi connectivity index (χ0v) is 13.1. The Hall–Kier alpha value is -2.54. The van der Waals surface area contributed by atoms with Gasteiger partial charge in [0.15, 0.2) is 11.5 Å². The van der Waals surface area contributed by atoms with Crippen LogP contribution in [0, 0.1) is 12.8 Å². The third-order valence-electron chi connectivity index (χ3n) is 4.20. The molecule has 4 heterocycles. The van der Waals surface area contributed by atoms with Crippen LogP contribution < -0.4 is 10.2 Å². The minimum Gasteiger partial charge on any atom is -0.354 e. The molecule has 3 aromatic rings. The summed E-state index contributed by atoms with van der Waals surface area (Å²) in [5.41, 5.74) is 2.06. The van der Waals surface area contributed by atoms with Gasteiger partial charge in [-0.2, -0.15) is 4.52 Å². The fraction of sp³-hybridized carbons (Fsp3) is 0.375. The van der Waals surface area contributed by atoms with Crippen LogP contribution in [0.3, 0.4) is 0 Å². The van der Waals surface area contributed by atoms with Gasteiger partial charge in [-0.3, -0.25) is 4.98 Å². The molecule has 4 rings (SSSR count). The van der Waals surface area contributed by atoms with Gasteiger partial charge in [0, 0.05) is 44.5 Å². The number of aryl methyl sites for hydroxylation is 1. The van der Waals surface area contributed by atoms with Gasteiger partial charge in [-0.15, -0.1) is 15.3 Å². The van der Waals surface area contributed by atoms with Gasteiger partial charge in [-0.05, 0) is 36.8 Å². The SMILES string of the molecule is Cc1nnc2ccc(N3CC(CNCc4ccncc4)C3)nn12. The number of rotatable bonds is 5. The highest BCUT2D eigenvalue weighted by molar-refractivity contribution is 5.47. The summed E-state index contributed by atoms with van der Waals surface area (Å²) in [5.74, 6) is 2.47. The lowest BCUT2D eigenvalue weighted by Gasteiger charge is -2.40. The normalized spacial score (nSPS) is 15.1. The molecule has 3 aromatic heterocycles. The number of hydrogen-bond donors (Lipinski definition) is 1. The monoisotopic (exact) mass is 309 g/mol. The van der Waals surface area contributed by atoms with Gasteiger partial charge < -0.3 is 10.2 Å². The number of fused-ring (bicyclic) bond motifs is 1. The molecule has 0 saturated carbocycles. The molecule has 0 unspecified atom stereocenters. The van der Waals surface area contributed by atoms with Crippen molar-refractivity contribution in [3.05, 3.63) is 48.0 Å². The van der Waals surface area contributed by atoms with Crippen LogP contribution in [-0.2, 0) is 6.54 Å². The van der Waals surface area contributed by atoms with E-state index in [1.165, 1.54) is 5.56 Å². The highest BCUT2D eigenvalue weighted by Crippen LogP contribution is 2.22. The van der Waals surface area contributed by atoms with Crippen LogP contribution in [0.2, 0.25) is 0 Å². The van der Waals surface area contributed by atoms with Crippen molar-refractivity contribution in [2.24, 2.45) is 5.92 Å². The first-order valence-electron chi connectivity index (χ1n) is 7.83. The molecule has 7 heteroatoms. The molecule has 1 aliphatic heterocycles. The molecule has 0 atom stereocenters. The van der Waals surface area contributed by atoms with Crippen molar-refractivity contribution >= 4 is 11.5 Å². The summed E-state index contributed by atoms with van der Waals surface area (Å²) in [6.07, 6.45) is 3.66. The van der Waals surface area contributed by atoms with E-state index < -0.39 is 0 Å². The Kier molecular flexibility index (Phi) is 3.63. The van der Waals surface area contributed by atoms with Crippen molar-refractivity contribution in [1.82, 2.24) is 30.1 Å². The van der Waals surface area contributed by atoms with Crippen molar-refractivity contribution in [2.75, 3.05) is 24.5 Å². The summed E-state index contributed by atoms with van der Waals surface area (Å²) in [7, 11) is 0. The van der Waals surface area contributed by atoms with E-state index in [9.17, 15) is 0 Å². The molecule has 0 radical (unpaired) electrons. The Bertz CT molecular complexity index is 793. The van der Waals surface area contributed by atoms with E-state index in [2.05, 4.69) is 30.5 Å². The number of aromatic nitrogens is 5. The molecule has 0 amide bonds. The van der Waals surface area contributed by atoms with Gasteiger partial charge in [-0.1, -0.05) is 0 Å². The van der Waals surface area contributed by atoms with Gasteiger partial charge in [0.1, 0.15) is 5.82 Å². The fourth-order valence-electron chi connectivity index (χ4n) is 2.86. The minimum absolute atomic E-state index is 0.663. The van der Waals surface area contributed by atoms with Gasteiger partial charge in [0.05, 0.1) is 0 Å². The van der Waals surface area contributed by atoms with Crippen molar-refractivity contribution in [3.8, 4) is 0 Å².